The Morgan fingerprint density at radius 1 is 1.19 bits per heavy atom. The first-order chi connectivity index (χ1) is 13.1. The maximum Gasteiger partial charge on any atom is 0.407 e. The second kappa shape index (κ2) is 8.53. The fraction of sp³-hybridized carbons (Fsp3) is 0.350. The monoisotopic (exact) mass is 369 g/mol. The fourth-order valence-electron chi connectivity index (χ4n) is 3.08. The second-order valence-corrected chi connectivity index (χ2v) is 6.56. The van der Waals surface area contributed by atoms with E-state index in [9.17, 15) is 9.59 Å². The SMILES string of the molecule is CNC(=O)c1ccc(-c2ccc(OCC3CCN(C(=O)O)CC3)cn2)cc1. The van der Waals surface area contributed by atoms with Gasteiger partial charge in [0.1, 0.15) is 5.75 Å². The zero-order chi connectivity index (χ0) is 19.2. The van der Waals surface area contributed by atoms with Crippen molar-refractivity contribution in [2.45, 2.75) is 12.8 Å². The number of likely N-dealkylation sites (tertiary alicyclic amines) is 1. The van der Waals surface area contributed by atoms with Gasteiger partial charge in [-0.25, -0.2) is 4.79 Å². The van der Waals surface area contributed by atoms with Crippen molar-refractivity contribution in [2.75, 3.05) is 26.7 Å². The lowest BCUT2D eigenvalue weighted by atomic mass is 9.98. The molecule has 1 fully saturated rings. The molecule has 27 heavy (non-hydrogen) atoms. The molecule has 7 nitrogen and oxygen atoms in total. The van der Waals surface area contributed by atoms with Crippen LogP contribution in [0.1, 0.15) is 23.2 Å². The van der Waals surface area contributed by atoms with Crippen LogP contribution in [0.5, 0.6) is 5.75 Å². The lowest BCUT2D eigenvalue weighted by Crippen LogP contribution is -2.38. The number of hydrogen-bond donors (Lipinski definition) is 2. The van der Waals surface area contributed by atoms with E-state index in [2.05, 4.69) is 10.3 Å². The summed E-state index contributed by atoms with van der Waals surface area (Å²) in [6.07, 6.45) is 2.47. The number of aromatic nitrogens is 1. The van der Waals surface area contributed by atoms with Crippen molar-refractivity contribution >= 4 is 12.0 Å². The molecule has 1 aliphatic heterocycles. The van der Waals surface area contributed by atoms with Crippen LogP contribution in [0.15, 0.2) is 42.6 Å². The first kappa shape index (κ1) is 18.7. The highest BCUT2D eigenvalue weighted by Crippen LogP contribution is 2.22. The predicted molar refractivity (Wildman–Crippen MR) is 101 cm³/mol. The van der Waals surface area contributed by atoms with E-state index in [-0.39, 0.29) is 5.91 Å². The van der Waals surface area contributed by atoms with Crippen LogP contribution in [0.25, 0.3) is 11.3 Å². The summed E-state index contributed by atoms with van der Waals surface area (Å²) >= 11 is 0. The number of carboxylic acid groups (broad SMARTS) is 1. The van der Waals surface area contributed by atoms with E-state index in [0.29, 0.717) is 36.9 Å². The summed E-state index contributed by atoms with van der Waals surface area (Å²) < 4.78 is 5.82. The summed E-state index contributed by atoms with van der Waals surface area (Å²) in [7, 11) is 1.60. The largest absolute Gasteiger partial charge is 0.492 e. The number of nitrogens with one attached hydrogen (secondary N) is 1. The van der Waals surface area contributed by atoms with Crippen LogP contribution in [0.4, 0.5) is 4.79 Å². The molecule has 142 valence electrons. The molecule has 0 radical (unpaired) electrons. The van der Waals surface area contributed by atoms with Crippen molar-refractivity contribution in [3.8, 4) is 17.0 Å². The molecule has 0 aliphatic carbocycles. The molecule has 0 spiro atoms. The van der Waals surface area contributed by atoms with Gasteiger partial charge in [0.15, 0.2) is 0 Å². The van der Waals surface area contributed by atoms with Gasteiger partial charge in [-0.15, -0.1) is 0 Å². The van der Waals surface area contributed by atoms with Crippen molar-refractivity contribution in [3.05, 3.63) is 48.2 Å². The molecule has 0 unspecified atom stereocenters. The van der Waals surface area contributed by atoms with Gasteiger partial charge in [0.25, 0.3) is 5.91 Å². The van der Waals surface area contributed by atoms with Gasteiger partial charge in [0.05, 0.1) is 18.5 Å². The fourth-order valence-corrected chi connectivity index (χ4v) is 3.08. The van der Waals surface area contributed by atoms with E-state index in [1.165, 1.54) is 4.90 Å². The van der Waals surface area contributed by atoms with Crippen molar-refractivity contribution in [1.82, 2.24) is 15.2 Å². The van der Waals surface area contributed by atoms with Crippen molar-refractivity contribution < 1.29 is 19.4 Å². The van der Waals surface area contributed by atoms with Gasteiger partial charge in [-0.05, 0) is 43.0 Å². The van der Waals surface area contributed by atoms with E-state index in [1.54, 1.807) is 25.4 Å². The number of rotatable bonds is 5. The number of carbonyl (C=O) groups excluding carboxylic acids is 1. The minimum Gasteiger partial charge on any atom is -0.492 e. The molecule has 0 saturated carbocycles. The summed E-state index contributed by atoms with van der Waals surface area (Å²) in [5, 5.41) is 11.6. The van der Waals surface area contributed by atoms with Gasteiger partial charge in [0.2, 0.25) is 0 Å². The lowest BCUT2D eigenvalue weighted by Gasteiger charge is -2.29. The Morgan fingerprint density at radius 3 is 2.44 bits per heavy atom. The number of amides is 2. The summed E-state index contributed by atoms with van der Waals surface area (Å²) in [4.78, 5) is 28.4. The molecule has 7 heteroatoms. The summed E-state index contributed by atoms with van der Waals surface area (Å²) in [5.41, 5.74) is 2.34. The van der Waals surface area contributed by atoms with Crippen molar-refractivity contribution in [3.63, 3.8) is 0 Å². The lowest BCUT2D eigenvalue weighted by molar-refractivity contribution is 0.0963. The normalized spacial score (nSPS) is 14.6. The Kier molecular flexibility index (Phi) is 5.90. The van der Waals surface area contributed by atoms with Gasteiger partial charge in [-0.3, -0.25) is 9.78 Å². The van der Waals surface area contributed by atoms with Gasteiger partial charge in [-0.2, -0.15) is 0 Å². The topological polar surface area (TPSA) is 91.8 Å². The molecule has 1 aromatic carbocycles. The van der Waals surface area contributed by atoms with Crippen LogP contribution in [-0.4, -0.2) is 53.7 Å². The first-order valence-electron chi connectivity index (χ1n) is 8.96. The highest BCUT2D eigenvalue weighted by molar-refractivity contribution is 5.94. The first-order valence-corrected chi connectivity index (χ1v) is 8.96. The Labute approximate surface area is 158 Å². The molecule has 2 aromatic rings. The van der Waals surface area contributed by atoms with E-state index in [4.69, 9.17) is 9.84 Å². The number of pyridine rings is 1. The zero-order valence-corrected chi connectivity index (χ0v) is 15.2. The average molecular weight is 369 g/mol. The Balaban J connectivity index is 1.53. The van der Waals surface area contributed by atoms with E-state index in [1.807, 2.05) is 24.3 Å². The Bertz CT molecular complexity index is 782. The van der Waals surface area contributed by atoms with Crippen LogP contribution in [-0.2, 0) is 0 Å². The Morgan fingerprint density at radius 2 is 1.89 bits per heavy atom. The maximum absolute atomic E-state index is 11.6. The van der Waals surface area contributed by atoms with Gasteiger partial charge in [-0.1, -0.05) is 12.1 Å². The van der Waals surface area contributed by atoms with E-state index < -0.39 is 6.09 Å². The number of nitrogens with zero attached hydrogens (tertiary/aromatic N) is 2. The van der Waals surface area contributed by atoms with Crippen LogP contribution in [0.3, 0.4) is 0 Å². The molecule has 1 saturated heterocycles. The molecule has 1 aliphatic rings. The molecular weight excluding hydrogens is 346 g/mol. The summed E-state index contributed by atoms with van der Waals surface area (Å²) in [6, 6.07) is 11.0. The number of carbonyl (C=O) groups is 2. The van der Waals surface area contributed by atoms with Gasteiger partial charge < -0.3 is 20.1 Å². The van der Waals surface area contributed by atoms with Gasteiger partial charge in [0, 0.05) is 31.3 Å². The van der Waals surface area contributed by atoms with Crippen LogP contribution < -0.4 is 10.1 Å². The predicted octanol–water partition coefficient (Wildman–Crippen LogP) is 2.88. The molecule has 2 heterocycles. The molecule has 0 bridgehead atoms. The minimum atomic E-state index is -0.850. The number of piperidine rings is 1. The summed E-state index contributed by atoms with van der Waals surface area (Å²) in [5.74, 6) is 0.936. The second-order valence-electron chi connectivity index (χ2n) is 6.56. The number of ether oxygens (including phenoxy) is 1. The smallest absolute Gasteiger partial charge is 0.407 e. The van der Waals surface area contributed by atoms with Crippen molar-refractivity contribution in [2.24, 2.45) is 5.92 Å². The third-order valence-electron chi connectivity index (χ3n) is 4.78. The zero-order valence-electron chi connectivity index (χ0n) is 15.2. The highest BCUT2D eigenvalue weighted by Gasteiger charge is 2.22. The van der Waals surface area contributed by atoms with E-state index >= 15 is 0 Å². The van der Waals surface area contributed by atoms with E-state index in [0.717, 1.165) is 24.1 Å². The minimum absolute atomic E-state index is 0.118. The molecule has 2 amide bonds. The van der Waals surface area contributed by atoms with Crippen molar-refractivity contribution in [1.29, 1.82) is 0 Å². The standard InChI is InChI=1S/C20H23N3O4/c1-21-19(24)16-4-2-15(3-5-16)18-7-6-17(12-22-18)27-13-14-8-10-23(11-9-14)20(25)26/h2-7,12,14H,8-11,13H2,1H3,(H,21,24)(H,25,26). The number of benzene rings is 1. The highest BCUT2D eigenvalue weighted by atomic mass is 16.5. The van der Waals surface area contributed by atoms with Crippen LogP contribution in [0.2, 0.25) is 0 Å². The van der Waals surface area contributed by atoms with Gasteiger partial charge >= 0.3 is 6.09 Å². The average Bonchev–Trinajstić information content (AvgIpc) is 2.72. The van der Waals surface area contributed by atoms with Crippen LogP contribution in [0, 0.1) is 5.92 Å². The third kappa shape index (κ3) is 4.75. The quantitative estimate of drug-likeness (QED) is 0.846. The third-order valence-corrected chi connectivity index (χ3v) is 4.78. The van der Waals surface area contributed by atoms with Crippen LogP contribution >= 0.6 is 0 Å². The Hall–Kier alpha value is -3.09. The molecule has 3 rings (SSSR count). The molecule has 1 aromatic heterocycles. The molecule has 0 atom stereocenters. The maximum atomic E-state index is 11.6. The molecular formula is C20H23N3O4. The molecule has 2 N–H and O–H groups in total. The summed E-state index contributed by atoms with van der Waals surface area (Å²) in [6.45, 7) is 1.69. The number of hydrogen-bond acceptors (Lipinski definition) is 4.